The van der Waals surface area contributed by atoms with Crippen molar-refractivity contribution >= 4 is 29.9 Å². The Bertz CT molecular complexity index is 513. The van der Waals surface area contributed by atoms with Gasteiger partial charge >= 0.3 is 0 Å². The molecule has 0 aromatic carbocycles. The van der Waals surface area contributed by atoms with Gasteiger partial charge in [-0.3, -0.25) is 9.67 Å². The second-order valence-electron chi connectivity index (χ2n) is 6.54. The minimum atomic E-state index is -0.0965. The minimum Gasteiger partial charge on any atom is -0.393 e. The van der Waals surface area contributed by atoms with E-state index in [1.54, 1.807) is 0 Å². The number of hydrogen-bond donors (Lipinski definition) is 2. The maximum Gasteiger partial charge on any atom is 0.193 e. The SMILES string of the molecule is CCNC(=NCCCN1CCC(O)CC1)N(C)Cc1cnn(C)c1.I. The van der Waals surface area contributed by atoms with Crippen LogP contribution in [0, 0.1) is 0 Å². The molecule has 0 atom stereocenters. The van der Waals surface area contributed by atoms with Crippen molar-refractivity contribution in [2.45, 2.75) is 38.8 Å². The predicted octanol–water partition coefficient (Wildman–Crippen LogP) is 1.28. The molecule has 0 saturated carbocycles. The Labute approximate surface area is 168 Å². The normalized spacial score (nSPS) is 16.6. The molecule has 1 fully saturated rings. The van der Waals surface area contributed by atoms with Crippen molar-refractivity contribution in [2.24, 2.45) is 12.0 Å². The van der Waals surface area contributed by atoms with Gasteiger partial charge in [0.05, 0.1) is 12.3 Å². The lowest BCUT2D eigenvalue weighted by Gasteiger charge is -2.29. The van der Waals surface area contributed by atoms with Gasteiger partial charge in [-0.1, -0.05) is 0 Å². The molecule has 8 heteroatoms. The minimum absolute atomic E-state index is 0. The van der Waals surface area contributed by atoms with Gasteiger partial charge in [-0.2, -0.15) is 5.10 Å². The van der Waals surface area contributed by atoms with Gasteiger partial charge < -0.3 is 20.2 Å². The number of halogens is 1. The summed E-state index contributed by atoms with van der Waals surface area (Å²) in [6.45, 7) is 7.63. The Morgan fingerprint density at radius 3 is 2.76 bits per heavy atom. The van der Waals surface area contributed by atoms with Gasteiger partial charge in [-0.25, -0.2) is 0 Å². The Morgan fingerprint density at radius 2 is 2.16 bits per heavy atom. The zero-order valence-electron chi connectivity index (χ0n) is 15.7. The van der Waals surface area contributed by atoms with Crippen molar-refractivity contribution in [1.82, 2.24) is 24.9 Å². The van der Waals surface area contributed by atoms with E-state index in [1.807, 2.05) is 24.1 Å². The molecule has 0 bridgehead atoms. The first-order valence-electron chi connectivity index (χ1n) is 8.96. The quantitative estimate of drug-likeness (QED) is 0.276. The number of guanidine groups is 1. The number of nitrogens with zero attached hydrogens (tertiary/aromatic N) is 5. The Balaban J connectivity index is 0.00000312. The van der Waals surface area contributed by atoms with Crippen LogP contribution in [-0.4, -0.2) is 76.5 Å². The van der Waals surface area contributed by atoms with E-state index >= 15 is 0 Å². The number of hydrogen-bond acceptors (Lipinski definition) is 4. The first-order valence-corrected chi connectivity index (χ1v) is 8.96. The molecule has 1 aromatic heterocycles. The third-order valence-corrected chi connectivity index (χ3v) is 4.33. The standard InChI is InChI=1S/C17H32N6O.HI/c1-4-18-17(21(2)13-15-12-20-22(3)14-15)19-8-5-9-23-10-6-16(24)7-11-23;/h12,14,16,24H,4-11,13H2,1-3H3,(H,18,19);1H. The summed E-state index contributed by atoms with van der Waals surface area (Å²) in [4.78, 5) is 9.31. The molecular formula is C17H33IN6O. The van der Waals surface area contributed by atoms with Crippen LogP contribution in [0.3, 0.4) is 0 Å². The van der Waals surface area contributed by atoms with Gasteiger partial charge in [0.25, 0.3) is 0 Å². The van der Waals surface area contributed by atoms with Crippen LogP contribution in [-0.2, 0) is 13.6 Å². The van der Waals surface area contributed by atoms with Crippen LogP contribution in [0.1, 0.15) is 31.7 Å². The average molecular weight is 464 g/mol. The number of aliphatic hydroxyl groups is 1. The van der Waals surface area contributed by atoms with E-state index < -0.39 is 0 Å². The molecular weight excluding hydrogens is 431 g/mol. The Morgan fingerprint density at radius 1 is 1.44 bits per heavy atom. The number of nitrogens with one attached hydrogen (secondary N) is 1. The van der Waals surface area contributed by atoms with E-state index in [9.17, 15) is 5.11 Å². The van der Waals surface area contributed by atoms with Crippen LogP contribution in [0.15, 0.2) is 17.4 Å². The van der Waals surface area contributed by atoms with Gasteiger partial charge in [-0.05, 0) is 32.7 Å². The van der Waals surface area contributed by atoms with Crippen molar-refractivity contribution in [3.63, 3.8) is 0 Å². The fourth-order valence-corrected chi connectivity index (χ4v) is 2.99. The molecule has 2 heterocycles. The van der Waals surface area contributed by atoms with E-state index in [1.165, 1.54) is 5.56 Å². The molecule has 2 N–H and O–H groups in total. The molecule has 0 unspecified atom stereocenters. The highest BCUT2D eigenvalue weighted by atomic mass is 127. The summed E-state index contributed by atoms with van der Waals surface area (Å²) in [6, 6.07) is 0. The fourth-order valence-electron chi connectivity index (χ4n) is 2.99. The predicted molar refractivity (Wildman–Crippen MR) is 112 cm³/mol. The molecule has 2 rings (SSSR count). The number of aryl methyl sites for hydroxylation is 1. The second-order valence-corrected chi connectivity index (χ2v) is 6.54. The van der Waals surface area contributed by atoms with E-state index in [4.69, 9.17) is 4.99 Å². The molecule has 0 amide bonds. The smallest absolute Gasteiger partial charge is 0.193 e. The number of rotatable bonds is 7. The van der Waals surface area contributed by atoms with Gasteiger partial charge in [0.2, 0.25) is 0 Å². The topological polar surface area (TPSA) is 68.9 Å². The lowest BCUT2D eigenvalue weighted by atomic mass is 10.1. The Hall–Kier alpha value is -0.870. The molecule has 1 aromatic rings. The van der Waals surface area contributed by atoms with Crippen LogP contribution in [0.5, 0.6) is 0 Å². The molecule has 1 aliphatic heterocycles. The van der Waals surface area contributed by atoms with E-state index in [0.29, 0.717) is 0 Å². The van der Waals surface area contributed by atoms with Crippen LogP contribution in [0.2, 0.25) is 0 Å². The molecule has 25 heavy (non-hydrogen) atoms. The van der Waals surface area contributed by atoms with Gasteiger partial charge in [0.1, 0.15) is 0 Å². The monoisotopic (exact) mass is 464 g/mol. The highest BCUT2D eigenvalue weighted by Gasteiger charge is 2.16. The van der Waals surface area contributed by atoms with Crippen molar-refractivity contribution in [1.29, 1.82) is 0 Å². The molecule has 1 saturated heterocycles. The maximum atomic E-state index is 9.55. The van der Waals surface area contributed by atoms with E-state index in [2.05, 4.69) is 34.2 Å². The van der Waals surface area contributed by atoms with Crippen LogP contribution >= 0.6 is 24.0 Å². The van der Waals surface area contributed by atoms with Gasteiger partial charge in [-0.15, -0.1) is 24.0 Å². The van der Waals surface area contributed by atoms with Crippen molar-refractivity contribution in [2.75, 3.05) is 39.8 Å². The molecule has 144 valence electrons. The second kappa shape index (κ2) is 11.7. The molecule has 0 aliphatic carbocycles. The van der Waals surface area contributed by atoms with Crippen LogP contribution in [0.25, 0.3) is 0 Å². The third-order valence-electron chi connectivity index (χ3n) is 4.33. The largest absolute Gasteiger partial charge is 0.393 e. The Kier molecular flexibility index (Phi) is 10.4. The van der Waals surface area contributed by atoms with E-state index in [-0.39, 0.29) is 30.1 Å². The lowest BCUT2D eigenvalue weighted by molar-refractivity contribution is 0.0824. The first-order chi connectivity index (χ1) is 11.6. The summed E-state index contributed by atoms with van der Waals surface area (Å²) in [5, 5.41) is 17.1. The highest BCUT2D eigenvalue weighted by Crippen LogP contribution is 2.10. The highest BCUT2D eigenvalue weighted by molar-refractivity contribution is 14.0. The molecule has 1 aliphatic rings. The number of piperidine rings is 1. The summed E-state index contributed by atoms with van der Waals surface area (Å²) in [7, 11) is 3.99. The maximum absolute atomic E-state index is 9.55. The first kappa shape index (κ1) is 22.2. The van der Waals surface area contributed by atoms with Gasteiger partial charge in [0, 0.05) is 58.6 Å². The fraction of sp³-hybridized carbons (Fsp3) is 0.765. The number of aliphatic imine (C=N–C) groups is 1. The zero-order valence-corrected chi connectivity index (χ0v) is 18.0. The van der Waals surface area contributed by atoms with E-state index in [0.717, 1.165) is 64.5 Å². The van der Waals surface area contributed by atoms with Crippen LogP contribution in [0.4, 0.5) is 0 Å². The summed E-state index contributed by atoms with van der Waals surface area (Å²) in [5.41, 5.74) is 1.18. The zero-order chi connectivity index (χ0) is 17.4. The molecule has 0 radical (unpaired) electrons. The van der Waals surface area contributed by atoms with Gasteiger partial charge in [0.15, 0.2) is 5.96 Å². The average Bonchev–Trinajstić information content (AvgIpc) is 2.97. The van der Waals surface area contributed by atoms with Crippen molar-refractivity contribution in [3.05, 3.63) is 18.0 Å². The summed E-state index contributed by atoms with van der Waals surface area (Å²) in [6.07, 6.45) is 6.68. The summed E-state index contributed by atoms with van der Waals surface area (Å²) in [5.74, 6) is 0.940. The van der Waals surface area contributed by atoms with Crippen molar-refractivity contribution < 1.29 is 5.11 Å². The number of aliphatic hydroxyl groups excluding tert-OH is 1. The summed E-state index contributed by atoms with van der Waals surface area (Å²) >= 11 is 0. The van der Waals surface area contributed by atoms with Crippen LogP contribution < -0.4 is 5.32 Å². The van der Waals surface area contributed by atoms with Crippen molar-refractivity contribution in [3.8, 4) is 0 Å². The summed E-state index contributed by atoms with van der Waals surface area (Å²) < 4.78 is 1.82. The lowest BCUT2D eigenvalue weighted by Crippen LogP contribution is -2.39. The third kappa shape index (κ3) is 7.91. The molecule has 0 spiro atoms. The number of aromatic nitrogens is 2. The molecule has 7 nitrogen and oxygen atoms in total. The number of likely N-dealkylation sites (tertiary alicyclic amines) is 1.